The van der Waals surface area contributed by atoms with Crippen LogP contribution in [0.1, 0.15) is 5.56 Å². The Morgan fingerprint density at radius 1 is 1.19 bits per heavy atom. The van der Waals surface area contributed by atoms with Crippen LogP contribution in [-0.4, -0.2) is 57.3 Å². The second-order valence-corrected chi connectivity index (χ2v) is 9.77. The summed E-state index contributed by atoms with van der Waals surface area (Å²) in [6.07, 6.45) is -0.443. The molecule has 0 radical (unpaired) electrons. The fourth-order valence-corrected chi connectivity index (χ4v) is 5.30. The Kier molecular flexibility index (Phi) is 6.82. The minimum absolute atomic E-state index is 0.0366. The van der Waals surface area contributed by atoms with Gasteiger partial charge in [0.2, 0.25) is 10.0 Å². The number of aromatic nitrogens is 1. The summed E-state index contributed by atoms with van der Waals surface area (Å²) in [6, 6.07) is 13.0. The summed E-state index contributed by atoms with van der Waals surface area (Å²) in [5, 5.41) is 1.07. The Morgan fingerprint density at radius 2 is 2.03 bits per heavy atom. The van der Waals surface area contributed by atoms with E-state index in [-0.39, 0.29) is 30.2 Å². The highest BCUT2D eigenvalue weighted by Crippen LogP contribution is 2.24. The van der Waals surface area contributed by atoms with Gasteiger partial charge in [0.25, 0.3) is 5.56 Å². The summed E-state index contributed by atoms with van der Waals surface area (Å²) < 4.78 is 44.5. The van der Waals surface area contributed by atoms with Crippen LogP contribution in [0.4, 0.5) is 0 Å². The molecule has 10 heteroatoms. The molecule has 1 N–H and O–H groups in total. The van der Waals surface area contributed by atoms with Crippen molar-refractivity contribution in [3.63, 3.8) is 0 Å². The third kappa shape index (κ3) is 4.97. The van der Waals surface area contributed by atoms with E-state index in [1.54, 1.807) is 37.4 Å². The summed E-state index contributed by atoms with van der Waals surface area (Å²) in [4.78, 5) is 15.6. The van der Waals surface area contributed by atoms with Crippen LogP contribution in [-0.2, 0) is 26.0 Å². The van der Waals surface area contributed by atoms with Crippen molar-refractivity contribution in [1.82, 2.24) is 9.29 Å². The molecule has 3 aromatic rings. The first-order chi connectivity index (χ1) is 15.4. The fourth-order valence-electron chi connectivity index (χ4n) is 3.55. The van der Waals surface area contributed by atoms with Gasteiger partial charge in [-0.3, -0.25) is 4.79 Å². The molecule has 0 bridgehead atoms. The Morgan fingerprint density at radius 3 is 2.75 bits per heavy atom. The molecule has 4 rings (SSSR count). The van der Waals surface area contributed by atoms with E-state index in [2.05, 4.69) is 4.98 Å². The Hall–Kier alpha value is -2.43. The van der Waals surface area contributed by atoms with E-state index in [1.807, 2.05) is 6.07 Å². The van der Waals surface area contributed by atoms with Crippen molar-refractivity contribution in [2.24, 2.45) is 0 Å². The van der Waals surface area contributed by atoms with E-state index in [0.29, 0.717) is 35.1 Å². The van der Waals surface area contributed by atoms with Gasteiger partial charge in [-0.15, -0.1) is 0 Å². The first-order valence-electron chi connectivity index (χ1n) is 10.0. The summed E-state index contributed by atoms with van der Waals surface area (Å²) in [6.45, 7) is 1.02. The van der Waals surface area contributed by atoms with Crippen LogP contribution in [0, 0.1) is 0 Å². The molecular formula is C22H23ClN2O6S. The maximum absolute atomic E-state index is 13.5. The lowest BCUT2D eigenvalue weighted by molar-refractivity contribution is -0.0923. The zero-order valence-electron chi connectivity index (χ0n) is 17.4. The van der Waals surface area contributed by atoms with Gasteiger partial charge in [0.15, 0.2) is 0 Å². The monoisotopic (exact) mass is 478 g/mol. The van der Waals surface area contributed by atoms with E-state index in [1.165, 1.54) is 16.4 Å². The lowest BCUT2D eigenvalue weighted by Gasteiger charge is -2.29. The molecule has 0 spiro atoms. The average molecular weight is 479 g/mol. The van der Waals surface area contributed by atoms with Gasteiger partial charge in [-0.2, -0.15) is 4.31 Å². The van der Waals surface area contributed by atoms with Gasteiger partial charge in [-0.05, 0) is 41.8 Å². The molecular weight excluding hydrogens is 456 g/mol. The lowest BCUT2D eigenvalue weighted by Crippen LogP contribution is -2.43. The van der Waals surface area contributed by atoms with E-state index < -0.39 is 16.1 Å². The number of halogens is 1. The molecule has 1 unspecified atom stereocenters. The first kappa shape index (κ1) is 22.8. The number of ether oxygens (including phenoxy) is 3. The minimum atomic E-state index is -3.96. The van der Waals surface area contributed by atoms with Crippen molar-refractivity contribution >= 4 is 32.5 Å². The number of sulfonamides is 1. The molecule has 2 heterocycles. The third-order valence-electron chi connectivity index (χ3n) is 5.20. The number of nitrogens with zero attached hydrogens (tertiary/aromatic N) is 1. The van der Waals surface area contributed by atoms with Gasteiger partial charge in [-0.25, -0.2) is 8.42 Å². The summed E-state index contributed by atoms with van der Waals surface area (Å²) in [7, 11) is -2.42. The number of fused-ring (bicyclic) bond motifs is 1. The predicted octanol–water partition coefficient (Wildman–Crippen LogP) is 2.80. The molecule has 1 aliphatic heterocycles. The van der Waals surface area contributed by atoms with Crippen LogP contribution in [0.5, 0.6) is 5.75 Å². The Labute approximate surface area is 190 Å². The highest BCUT2D eigenvalue weighted by atomic mass is 35.5. The van der Waals surface area contributed by atoms with Gasteiger partial charge >= 0.3 is 0 Å². The van der Waals surface area contributed by atoms with Crippen LogP contribution >= 0.6 is 11.6 Å². The van der Waals surface area contributed by atoms with Gasteiger partial charge < -0.3 is 19.2 Å². The van der Waals surface area contributed by atoms with Crippen molar-refractivity contribution in [1.29, 1.82) is 0 Å². The number of benzene rings is 2. The highest BCUT2D eigenvalue weighted by Gasteiger charge is 2.30. The van der Waals surface area contributed by atoms with Crippen molar-refractivity contribution in [3.05, 3.63) is 69.5 Å². The molecule has 8 nitrogen and oxygen atoms in total. The summed E-state index contributed by atoms with van der Waals surface area (Å²) >= 11 is 6.03. The smallest absolute Gasteiger partial charge is 0.252 e. The fraction of sp³-hybridized carbons (Fsp3) is 0.318. The number of rotatable bonds is 7. The van der Waals surface area contributed by atoms with Crippen LogP contribution in [0.15, 0.2) is 58.2 Å². The number of methoxy groups -OCH3 is 1. The van der Waals surface area contributed by atoms with Crippen molar-refractivity contribution in [2.75, 3.05) is 33.5 Å². The predicted molar refractivity (Wildman–Crippen MR) is 121 cm³/mol. The second-order valence-electron chi connectivity index (χ2n) is 7.40. The Bertz CT molecular complexity index is 1270. The summed E-state index contributed by atoms with van der Waals surface area (Å²) in [5.74, 6) is 0.612. The van der Waals surface area contributed by atoms with Crippen LogP contribution < -0.4 is 10.3 Å². The minimum Gasteiger partial charge on any atom is -0.497 e. The molecule has 0 saturated carbocycles. The molecule has 170 valence electrons. The van der Waals surface area contributed by atoms with Gasteiger partial charge in [0, 0.05) is 29.7 Å². The number of nitrogens with one attached hydrogen (secondary N) is 1. The zero-order valence-corrected chi connectivity index (χ0v) is 19.0. The van der Waals surface area contributed by atoms with Crippen LogP contribution in [0.2, 0.25) is 5.02 Å². The standard InChI is InChI=1S/C22H23ClN2O6S/c1-29-18-6-5-15-9-16(22(26)24-21(15)11-18)12-25(13-19-14-30-7-8-31-19)32(27,28)20-4-2-3-17(23)10-20/h2-6,9-11,19H,7-8,12-14H2,1H3,(H,24,26). The van der Waals surface area contributed by atoms with E-state index in [4.69, 9.17) is 25.8 Å². The second kappa shape index (κ2) is 9.60. The van der Waals surface area contributed by atoms with E-state index in [9.17, 15) is 13.2 Å². The molecule has 0 aliphatic carbocycles. The van der Waals surface area contributed by atoms with E-state index >= 15 is 0 Å². The molecule has 1 aromatic heterocycles. The number of aromatic amines is 1. The molecule has 1 aliphatic rings. The van der Waals surface area contributed by atoms with Crippen molar-refractivity contribution < 1.29 is 22.6 Å². The largest absolute Gasteiger partial charge is 0.497 e. The number of hydrogen-bond donors (Lipinski definition) is 1. The normalized spacial score (nSPS) is 17.0. The van der Waals surface area contributed by atoms with Gasteiger partial charge in [0.05, 0.1) is 43.4 Å². The number of hydrogen-bond acceptors (Lipinski definition) is 6. The maximum Gasteiger partial charge on any atom is 0.252 e. The average Bonchev–Trinajstić information content (AvgIpc) is 2.79. The van der Waals surface area contributed by atoms with Gasteiger partial charge in [0.1, 0.15) is 5.75 Å². The third-order valence-corrected chi connectivity index (χ3v) is 7.25. The SMILES string of the molecule is COc1ccc2cc(CN(CC3COCCO3)S(=O)(=O)c3cccc(Cl)c3)c(=O)[nH]c2c1. The Balaban J connectivity index is 1.71. The van der Waals surface area contributed by atoms with Crippen molar-refractivity contribution in [2.45, 2.75) is 17.5 Å². The van der Waals surface area contributed by atoms with Crippen molar-refractivity contribution in [3.8, 4) is 5.75 Å². The van der Waals surface area contributed by atoms with Crippen LogP contribution in [0.3, 0.4) is 0 Å². The maximum atomic E-state index is 13.5. The van der Waals surface area contributed by atoms with Gasteiger partial charge in [-0.1, -0.05) is 17.7 Å². The summed E-state index contributed by atoms with van der Waals surface area (Å²) in [5.41, 5.74) is 0.536. The molecule has 1 saturated heterocycles. The molecule has 0 amide bonds. The quantitative estimate of drug-likeness (QED) is 0.560. The zero-order chi connectivity index (χ0) is 22.7. The first-order valence-corrected chi connectivity index (χ1v) is 11.8. The number of H-pyrrole nitrogens is 1. The topological polar surface area (TPSA) is 97.9 Å². The molecule has 1 fully saturated rings. The van der Waals surface area contributed by atoms with E-state index in [0.717, 1.165) is 5.39 Å². The lowest BCUT2D eigenvalue weighted by atomic mass is 10.1. The molecule has 2 aromatic carbocycles. The highest BCUT2D eigenvalue weighted by molar-refractivity contribution is 7.89. The number of pyridine rings is 1. The van der Waals surface area contributed by atoms with Crippen LogP contribution in [0.25, 0.3) is 10.9 Å². The molecule has 32 heavy (non-hydrogen) atoms. The molecule has 1 atom stereocenters.